The quantitative estimate of drug-likeness (QED) is 0.840. The van der Waals surface area contributed by atoms with E-state index in [1.54, 1.807) is 18.2 Å². The third-order valence-electron chi connectivity index (χ3n) is 3.04. The van der Waals surface area contributed by atoms with Gasteiger partial charge in [0.15, 0.2) is 0 Å². The van der Waals surface area contributed by atoms with Gasteiger partial charge in [0.25, 0.3) is 5.91 Å². The Labute approximate surface area is 123 Å². The lowest BCUT2D eigenvalue weighted by Crippen LogP contribution is -2.55. The van der Waals surface area contributed by atoms with Crippen LogP contribution in [0.1, 0.15) is 25.8 Å². The van der Waals surface area contributed by atoms with Gasteiger partial charge in [-0.15, -0.1) is 0 Å². The monoisotopic (exact) mass is 292 g/mol. The predicted octanol–water partition coefficient (Wildman–Crippen LogP) is 2.34. The Morgan fingerprint density at radius 1 is 1.30 bits per heavy atom. The van der Waals surface area contributed by atoms with Crippen LogP contribution < -0.4 is 10.6 Å². The van der Waals surface area contributed by atoms with Crippen LogP contribution >= 0.6 is 11.6 Å². The van der Waals surface area contributed by atoms with Crippen LogP contribution in [0.2, 0.25) is 5.02 Å². The first-order valence-corrected chi connectivity index (χ1v) is 6.93. The molecule has 0 unspecified atom stereocenters. The van der Waals surface area contributed by atoms with Crippen molar-refractivity contribution in [1.82, 2.24) is 10.6 Å². The molecule has 0 spiro atoms. The molecule has 2 rings (SSSR count). The molecule has 1 aromatic carbocycles. The van der Waals surface area contributed by atoms with Crippen molar-refractivity contribution in [2.45, 2.75) is 26.3 Å². The number of piperazine rings is 1. The zero-order valence-corrected chi connectivity index (χ0v) is 12.2. The zero-order chi connectivity index (χ0) is 14.7. The van der Waals surface area contributed by atoms with Crippen molar-refractivity contribution in [1.29, 1.82) is 0 Å². The molecule has 0 aromatic heterocycles. The molecule has 2 N–H and O–H groups in total. The van der Waals surface area contributed by atoms with Gasteiger partial charge in [0.1, 0.15) is 11.7 Å². The van der Waals surface area contributed by atoms with Gasteiger partial charge in [-0.2, -0.15) is 0 Å². The maximum Gasteiger partial charge on any atom is 0.268 e. The summed E-state index contributed by atoms with van der Waals surface area (Å²) in [4.78, 5) is 24.0. The molecule has 0 bridgehead atoms. The van der Waals surface area contributed by atoms with Crippen LogP contribution in [-0.4, -0.2) is 17.9 Å². The van der Waals surface area contributed by atoms with Crippen LogP contribution in [0.25, 0.3) is 6.08 Å². The van der Waals surface area contributed by atoms with E-state index in [0.717, 1.165) is 0 Å². The Hall–Kier alpha value is -1.81. The zero-order valence-electron chi connectivity index (χ0n) is 11.4. The van der Waals surface area contributed by atoms with Crippen molar-refractivity contribution in [2.24, 2.45) is 5.92 Å². The van der Waals surface area contributed by atoms with Crippen LogP contribution in [0.5, 0.6) is 0 Å². The van der Waals surface area contributed by atoms with E-state index in [2.05, 4.69) is 10.6 Å². The minimum atomic E-state index is -0.467. The van der Waals surface area contributed by atoms with Gasteiger partial charge in [0.05, 0.1) is 0 Å². The van der Waals surface area contributed by atoms with Gasteiger partial charge in [0, 0.05) is 5.02 Å². The van der Waals surface area contributed by atoms with Crippen molar-refractivity contribution >= 4 is 29.5 Å². The lowest BCUT2D eigenvalue weighted by Gasteiger charge is -2.26. The molecule has 4 nitrogen and oxygen atoms in total. The second-order valence-corrected chi connectivity index (χ2v) is 5.63. The van der Waals surface area contributed by atoms with Crippen LogP contribution in [0, 0.1) is 5.92 Å². The fraction of sp³-hybridized carbons (Fsp3) is 0.333. The molecule has 20 heavy (non-hydrogen) atoms. The van der Waals surface area contributed by atoms with Crippen molar-refractivity contribution in [3.8, 4) is 0 Å². The third kappa shape index (κ3) is 3.39. The van der Waals surface area contributed by atoms with E-state index in [-0.39, 0.29) is 17.5 Å². The van der Waals surface area contributed by atoms with Gasteiger partial charge in [0.2, 0.25) is 5.91 Å². The van der Waals surface area contributed by atoms with Gasteiger partial charge in [-0.3, -0.25) is 9.59 Å². The Morgan fingerprint density at radius 2 is 2.00 bits per heavy atom. The normalized spacial score (nSPS) is 21.0. The van der Waals surface area contributed by atoms with Crippen molar-refractivity contribution in [3.63, 3.8) is 0 Å². The molecule has 5 heteroatoms. The molecule has 1 fully saturated rings. The van der Waals surface area contributed by atoms with E-state index >= 15 is 0 Å². The van der Waals surface area contributed by atoms with Gasteiger partial charge >= 0.3 is 0 Å². The Morgan fingerprint density at radius 3 is 2.65 bits per heavy atom. The van der Waals surface area contributed by atoms with Crippen LogP contribution in [0.3, 0.4) is 0 Å². The van der Waals surface area contributed by atoms with E-state index in [1.165, 1.54) is 0 Å². The molecule has 0 radical (unpaired) electrons. The van der Waals surface area contributed by atoms with E-state index in [0.29, 0.717) is 22.9 Å². The second-order valence-electron chi connectivity index (χ2n) is 5.22. The number of carbonyl (C=O) groups excluding carboxylic acids is 2. The van der Waals surface area contributed by atoms with E-state index in [1.807, 2.05) is 26.0 Å². The third-order valence-corrected chi connectivity index (χ3v) is 3.38. The first-order valence-electron chi connectivity index (χ1n) is 6.55. The van der Waals surface area contributed by atoms with Crippen molar-refractivity contribution in [2.75, 3.05) is 0 Å². The lowest BCUT2D eigenvalue weighted by molar-refractivity contribution is -0.131. The molecule has 106 valence electrons. The topological polar surface area (TPSA) is 58.2 Å². The van der Waals surface area contributed by atoms with E-state index in [4.69, 9.17) is 11.6 Å². The standard InChI is InChI=1S/C15H17ClN2O2/c1-9(2)7-12-14(19)18-13(15(20)17-12)8-10-5-3-4-6-11(10)16/h3-6,8-9,12H,7H2,1-2H3,(H,17,20)(H,18,19)/t12-/m0/s1. The summed E-state index contributed by atoms with van der Waals surface area (Å²) in [5.41, 5.74) is 0.921. The average Bonchev–Trinajstić information content (AvgIpc) is 2.37. The summed E-state index contributed by atoms with van der Waals surface area (Å²) in [6.45, 7) is 4.02. The smallest absolute Gasteiger partial charge is 0.268 e. The van der Waals surface area contributed by atoms with Gasteiger partial charge in [-0.25, -0.2) is 0 Å². The van der Waals surface area contributed by atoms with Gasteiger partial charge in [-0.05, 0) is 30.0 Å². The Balaban J connectivity index is 2.18. The summed E-state index contributed by atoms with van der Waals surface area (Å²) in [5.74, 6) is -0.132. The molecule has 1 heterocycles. The summed E-state index contributed by atoms with van der Waals surface area (Å²) < 4.78 is 0. The van der Waals surface area contributed by atoms with Crippen LogP contribution in [0.4, 0.5) is 0 Å². The number of hydrogen-bond acceptors (Lipinski definition) is 2. The summed E-state index contributed by atoms with van der Waals surface area (Å²) in [7, 11) is 0. The first kappa shape index (κ1) is 14.6. The van der Waals surface area contributed by atoms with Gasteiger partial charge in [-0.1, -0.05) is 43.6 Å². The second kappa shape index (κ2) is 6.09. The Kier molecular flexibility index (Phi) is 4.45. The molecule has 1 aliphatic rings. The molecule has 1 aromatic rings. The number of halogens is 1. The number of carbonyl (C=O) groups is 2. The summed E-state index contributed by atoms with van der Waals surface area (Å²) in [5, 5.41) is 5.91. The molecule has 0 aliphatic carbocycles. The highest BCUT2D eigenvalue weighted by Crippen LogP contribution is 2.19. The van der Waals surface area contributed by atoms with E-state index in [9.17, 15) is 9.59 Å². The number of nitrogens with one attached hydrogen (secondary N) is 2. The SMILES string of the molecule is CC(C)C[C@@H]1NC(=O)C(=Cc2ccccc2Cl)NC1=O. The largest absolute Gasteiger partial charge is 0.339 e. The Bertz CT molecular complexity index is 567. The molecule has 1 aliphatic heterocycles. The van der Waals surface area contributed by atoms with E-state index < -0.39 is 6.04 Å². The number of benzene rings is 1. The fourth-order valence-electron chi connectivity index (χ4n) is 2.06. The molecule has 1 saturated heterocycles. The van der Waals surface area contributed by atoms with Crippen LogP contribution in [-0.2, 0) is 9.59 Å². The minimum absolute atomic E-state index is 0.184. The van der Waals surface area contributed by atoms with Crippen molar-refractivity contribution < 1.29 is 9.59 Å². The fourth-order valence-corrected chi connectivity index (χ4v) is 2.26. The summed E-state index contributed by atoms with van der Waals surface area (Å²) >= 11 is 6.04. The van der Waals surface area contributed by atoms with Crippen molar-refractivity contribution in [3.05, 3.63) is 40.5 Å². The maximum atomic E-state index is 12.0. The molecule has 2 amide bonds. The summed E-state index contributed by atoms with van der Waals surface area (Å²) in [6, 6.07) is 6.68. The summed E-state index contributed by atoms with van der Waals surface area (Å²) in [6.07, 6.45) is 2.21. The molecular weight excluding hydrogens is 276 g/mol. The number of rotatable bonds is 3. The van der Waals surface area contributed by atoms with Crippen LogP contribution in [0.15, 0.2) is 30.0 Å². The highest BCUT2D eigenvalue weighted by molar-refractivity contribution is 6.32. The predicted molar refractivity (Wildman–Crippen MR) is 79.0 cm³/mol. The minimum Gasteiger partial charge on any atom is -0.339 e. The number of amides is 2. The maximum absolute atomic E-state index is 12.0. The molecular formula is C15H17ClN2O2. The lowest BCUT2D eigenvalue weighted by atomic mass is 10.0. The molecule has 0 saturated carbocycles. The van der Waals surface area contributed by atoms with Gasteiger partial charge < -0.3 is 10.6 Å². The first-order chi connectivity index (χ1) is 9.47. The number of hydrogen-bond donors (Lipinski definition) is 2. The molecule has 1 atom stereocenters. The highest BCUT2D eigenvalue weighted by atomic mass is 35.5. The average molecular weight is 293 g/mol. The highest BCUT2D eigenvalue weighted by Gasteiger charge is 2.30.